The molecule has 0 bridgehead atoms. The summed E-state index contributed by atoms with van der Waals surface area (Å²) in [6.45, 7) is 3.56. The molecule has 0 N–H and O–H groups in total. The summed E-state index contributed by atoms with van der Waals surface area (Å²) < 4.78 is 0. The quantitative estimate of drug-likeness (QED) is 0.697. The Morgan fingerprint density at radius 1 is 1.33 bits per heavy atom. The molecule has 1 aliphatic rings. The number of aryl methyl sites for hydroxylation is 1. The first-order valence-corrected chi connectivity index (χ1v) is 5.32. The van der Waals surface area contributed by atoms with Crippen LogP contribution in [0.1, 0.15) is 29.0 Å². The van der Waals surface area contributed by atoms with Crippen molar-refractivity contribution in [2.24, 2.45) is 0 Å². The van der Waals surface area contributed by atoms with E-state index < -0.39 is 0 Å². The van der Waals surface area contributed by atoms with Gasteiger partial charge >= 0.3 is 0 Å². The standard InChI is InChI=1S/C12H15N2O/c1-10-6-5-7-11(13-10)12(15)14-8-3-2-4-9-14/h2,5-7H,3-4,8-9H2,1H3. The molecule has 1 aliphatic heterocycles. The molecule has 15 heavy (non-hydrogen) atoms. The highest BCUT2D eigenvalue weighted by Crippen LogP contribution is 2.11. The first-order valence-electron chi connectivity index (χ1n) is 5.32. The summed E-state index contributed by atoms with van der Waals surface area (Å²) in [5, 5.41) is 0. The zero-order chi connectivity index (χ0) is 10.7. The number of rotatable bonds is 1. The number of hydrogen-bond donors (Lipinski definition) is 0. The molecular weight excluding hydrogens is 188 g/mol. The summed E-state index contributed by atoms with van der Waals surface area (Å²) >= 11 is 0. The lowest BCUT2D eigenvalue weighted by Gasteiger charge is -2.26. The summed E-state index contributed by atoms with van der Waals surface area (Å²) in [5.74, 6) is 0.0619. The van der Waals surface area contributed by atoms with E-state index in [0.29, 0.717) is 5.69 Å². The van der Waals surface area contributed by atoms with Crippen LogP contribution in [0.5, 0.6) is 0 Å². The van der Waals surface area contributed by atoms with Crippen molar-refractivity contribution in [1.82, 2.24) is 9.88 Å². The Labute approximate surface area is 90.1 Å². The summed E-state index contributed by atoms with van der Waals surface area (Å²) in [4.78, 5) is 18.1. The molecular formula is C12H15N2O. The van der Waals surface area contributed by atoms with Crippen molar-refractivity contribution in [2.75, 3.05) is 13.1 Å². The molecule has 0 spiro atoms. The second kappa shape index (κ2) is 4.43. The SMILES string of the molecule is Cc1cccc(C(=O)N2CC[CH]CC2)n1. The van der Waals surface area contributed by atoms with Crippen LogP contribution in [0.25, 0.3) is 0 Å². The zero-order valence-corrected chi connectivity index (χ0v) is 8.94. The molecule has 0 aromatic carbocycles. The Balaban J connectivity index is 2.12. The summed E-state index contributed by atoms with van der Waals surface area (Å²) in [6.07, 6.45) is 4.22. The van der Waals surface area contributed by atoms with Crippen molar-refractivity contribution in [3.63, 3.8) is 0 Å². The molecule has 1 amide bonds. The molecule has 1 fully saturated rings. The van der Waals surface area contributed by atoms with Crippen molar-refractivity contribution in [1.29, 1.82) is 0 Å². The van der Waals surface area contributed by atoms with Gasteiger partial charge in [0.1, 0.15) is 5.69 Å². The van der Waals surface area contributed by atoms with E-state index in [9.17, 15) is 4.79 Å². The van der Waals surface area contributed by atoms with E-state index in [1.807, 2.05) is 24.0 Å². The van der Waals surface area contributed by atoms with Gasteiger partial charge in [-0.2, -0.15) is 0 Å². The lowest BCUT2D eigenvalue weighted by Crippen LogP contribution is -2.36. The normalized spacial score (nSPS) is 16.5. The summed E-state index contributed by atoms with van der Waals surface area (Å²) in [7, 11) is 0. The molecule has 0 aliphatic carbocycles. The van der Waals surface area contributed by atoms with Crippen LogP contribution in [0.15, 0.2) is 18.2 Å². The third kappa shape index (κ3) is 2.35. The minimum Gasteiger partial charge on any atom is -0.337 e. The molecule has 1 radical (unpaired) electrons. The summed E-state index contributed by atoms with van der Waals surface area (Å²) in [5.41, 5.74) is 1.46. The Kier molecular flexibility index (Phi) is 2.99. The molecule has 0 atom stereocenters. The van der Waals surface area contributed by atoms with Gasteiger partial charge in [-0.1, -0.05) is 6.07 Å². The van der Waals surface area contributed by atoms with Gasteiger partial charge in [-0.15, -0.1) is 0 Å². The third-order valence-corrected chi connectivity index (χ3v) is 2.60. The van der Waals surface area contributed by atoms with Gasteiger partial charge in [-0.05, 0) is 38.3 Å². The predicted molar refractivity (Wildman–Crippen MR) is 58.4 cm³/mol. The number of amides is 1. The van der Waals surface area contributed by atoms with Crippen LogP contribution < -0.4 is 0 Å². The van der Waals surface area contributed by atoms with Crippen molar-refractivity contribution in [2.45, 2.75) is 19.8 Å². The number of hydrogen-bond acceptors (Lipinski definition) is 2. The maximum Gasteiger partial charge on any atom is 0.272 e. The largest absolute Gasteiger partial charge is 0.337 e. The predicted octanol–water partition coefficient (Wildman–Crippen LogP) is 1.83. The van der Waals surface area contributed by atoms with Crippen molar-refractivity contribution in [3.05, 3.63) is 36.0 Å². The van der Waals surface area contributed by atoms with Gasteiger partial charge in [0.05, 0.1) is 0 Å². The zero-order valence-electron chi connectivity index (χ0n) is 8.94. The Morgan fingerprint density at radius 2 is 2.07 bits per heavy atom. The van der Waals surface area contributed by atoms with Crippen LogP contribution in [0.3, 0.4) is 0 Å². The number of nitrogens with zero attached hydrogens (tertiary/aromatic N) is 2. The average Bonchev–Trinajstić information content (AvgIpc) is 2.29. The van der Waals surface area contributed by atoms with Crippen molar-refractivity contribution in [3.8, 4) is 0 Å². The van der Waals surface area contributed by atoms with E-state index in [2.05, 4.69) is 11.4 Å². The number of piperidine rings is 1. The molecule has 2 rings (SSSR count). The summed E-state index contributed by atoms with van der Waals surface area (Å²) in [6, 6.07) is 5.57. The van der Waals surface area contributed by atoms with E-state index >= 15 is 0 Å². The van der Waals surface area contributed by atoms with Crippen LogP contribution >= 0.6 is 0 Å². The van der Waals surface area contributed by atoms with E-state index in [-0.39, 0.29) is 5.91 Å². The van der Waals surface area contributed by atoms with Crippen LogP contribution in [0.2, 0.25) is 0 Å². The third-order valence-electron chi connectivity index (χ3n) is 2.60. The topological polar surface area (TPSA) is 33.2 Å². The first kappa shape index (κ1) is 10.1. The molecule has 79 valence electrons. The minimum absolute atomic E-state index is 0.0619. The molecule has 1 saturated heterocycles. The number of carbonyl (C=O) groups excluding carboxylic acids is 1. The number of carbonyl (C=O) groups is 1. The molecule has 1 aromatic rings. The van der Waals surface area contributed by atoms with Crippen LogP contribution in [-0.2, 0) is 0 Å². The van der Waals surface area contributed by atoms with Gasteiger partial charge in [-0.25, -0.2) is 4.98 Å². The van der Waals surface area contributed by atoms with Gasteiger partial charge in [-0.3, -0.25) is 4.79 Å². The highest BCUT2D eigenvalue weighted by atomic mass is 16.2. The lowest BCUT2D eigenvalue weighted by molar-refractivity contribution is 0.0735. The minimum atomic E-state index is 0.0619. The number of likely N-dealkylation sites (tertiary alicyclic amines) is 1. The maximum absolute atomic E-state index is 12.0. The highest BCUT2D eigenvalue weighted by Gasteiger charge is 2.18. The molecule has 1 aromatic heterocycles. The van der Waals surface area contributed by atoms with Gasteiger partial charge < -0.3 is 4.90 Å². The monoisotopic (exact) mass is 203 g/mol. The smallest absolute Gasteiger partial charge is 0.272 e. The Bertz CT molecular complexity index is 356. The molecule has 0 unspecified atom stereocenters. The fourth-order valence-electron chi connectivity index (χ4n) is 1.78. The second-order valence-corrected chi connectivity index (χ2v) is 3.82. The lowest BCUT2D eigenvalue weighted by atomic mass is 10.1. The average molecular weight is 203 g/mol. The van der Waals surface area contributed by atoms with E-state index in [1.54, 1.807) is 6.07 Å². The Hall–Kier alpha value is -1.38. The van der Waals surface area contributed by atoms with Crippen LogP contribution in [-0.4, -0.2) is 28.9 Å². The molecule has 3 heteroatoms. The number of aromatic nitrogens is 1. The highest BCUT2D eigenvalue weighted by molar-refractivity contribution is 5.92. The van der Waals surface area contributed by atoms with E-state index in [4.69, 9.17) is 0 Å². The van der Waals surface area contributed by atoms with Gasteiger partial charge in [0, 0.05) is 18.8 Å². The van der Waals surface area contributed by atoms with Crippen molar-refractivity contribution >= 4 is 5.91 Å². The first-order chi connectivity index (χ1) is 7.27. The van der Waals surface area contributed by atoms with Crippen molar-refractivity contribution < 1.29 is 4.79 Å². The van der Waals surface area contributed by atoms with Gasteiger partial charge in [0.2, 0.25) is 0 Å². The van der Waals surface area contributed by atoms with Gasteiger partial charge in [0.25, 0.3) is 5.91 Å². The van der Waals surface area contributed by atoms with E-state index in [0.717, 1.165) is 31.6 Å². The fourth-order valence-corrected chi connectivity index (χ4v) is 1.78. The van der Waals surface area contributed by atoms with Crippen LogP contribution in [0.4, 0.5) is 0 Å². The van der Waals surface area contributed by atoms with Gasteiger partial charge in [0.15, 0.2) is 0 Å². The van der Waals surface area contributed by atoms with E-state index in [1.165, 1.54) is 0 Å². The Morgan fingerprint density at radius 3 is 2.73 bits per heavy atom. The molecule has 0 saturated carbocycles. The molecule has 3 nitrogen and oxygen atoms in total. The van der Waals surface area contributed by atoms with Crippen LogP contribution in [0, 0.1) is 13.3 Å². The second-order valence-electron chi connectivity index (χ2n) is 3.82. The number of pyridine rings is 1. The molecule has 2 heterocycles. The fraction of sp³-hybridized carbons (Fsp3) is 0.417. The maximum atomic E-state index is 12.0.